The van der Waals surface area contributed by atoms with E-state index in [9.17, 15) is 9.79 Å². The molecular formula is C18H17O3P. The summed E-state index contributed by atoms with van der Waals surface area (Å²) in [5.41, 5.74) is 0. The van der Waals surface area contributed by atoms with Gasteiger partial charge in [0.05, 0.1) is 0 Å². The molecule has 0 bridgehead atoms. The molecule has 0 aliphatic heterocycles. The van der Waals surface area contributed by atoms with Crippen molar-refractivity contribution in [3.8, 4) is 5.75 Å². The molecule has 0 fully saturated rings. The predicted octanol–water partition coefficient (Wildman–Crippen LogP) is 3.00. The average molecular weight is 312 g/mol. The van der Waals surface area contributed by atoms with Crippen LogP contribution in [0.15, 0.2) is 91.0 Å². The Kier molecular flexibility index (Phi) is 3.71. The fourth-order valence-electron chi connectivity index (χ4n) is 2.33. The summed E-state index contributed by atoms with van der Waals surface area (Å²) in [5, 5.41) is 0.729. The molecule has 0 aliphatic carbocycles. The van der Waals surface area contributed by atoms with Gasteiger partial charge in [0.15, 0.2) is 0 Å². The minimum absolute atomic E-state index is 0.364. The first kappa shape index (κ1) is 14.7. The van der Waals surface area contributed by atoms with Crippen molar-refractivity contribution in [1.29, 1.82) is 0 Å². The van der Waals surface area contributed by atoms with Crippen molar-refractivity contribution in [2.75, 3.05) is 0 Å². The molecule has 3 aromatic rings. The molecule has 0 amide bonds. The van der Waals surface area contributed by atoms with Gasteiger partial charge in [-0.05, 0) is 0 Å². The van der Waals surface area contributed by atoms with Crippen LogP contribution in [0.25, 0.3) is 0 Å². The molecule has 3 rings (SSSR count). The van der Waals surface area contributed by atoms with Gasteiger partial charge in [0.25, 0.3) is 0 Å². The number of benzene rings is 3. The van der Waals surface area contributed by atoms with Crippen LogP contribution in [0.3, 0.4) is 0 Å². The third kappa shape index (κ3) is 2.62. The van der Waals surface area contributed by atoms with Crippen molar-refractivity contribution in [3.05, 3.63) is 91.0 Å². The van der Waals surface area contributed by atoms with Gasteiger partial charge in [-0.2, -0.15) is 0 Å². The second-order valence-corrected chi connectivity index (χ2v) is 8.13. The molecule has 2 N–H and O–H groups in total. The zero-order chi connectivity index (χ0) is 15.5. The summed E-state index contributed by atoms with van der Waals surface area (Å²) >= 11 is 0. The molecule has 3 nitrogen and oxygen atoms in total. The Labute approximate surface area is 129 Å². The third-order valence-electron chi connectivity index (χ3n) is 3.46. The number of hydrogen-bond donors (Lipinski definition) is 2. The summed E-state index contributed by atoms with van der Waals surface area (Å²) in [6.45, 7) is 0. The Balaban J connectivity index is 2.19. The van der Waals surface area contributed by atoms with Crippen molar-refractivity contribution >= 4 is 17.9 Å². The third-order valence-corrected chi connectivity index (χ3v) is 6.48. The van der Waals surface area contributed by atoms with E-state index in [1.54, 1.807) is 72.8 Å². The molecule has 0 aromatic heterocycles. The summed E-state index contributed by atoms with van der Waals surface area (Å²) in [6.07, 6.45) is 0. The van der Waals surface area contributed by atoms with E-state index in [1.807, 2.05) is 18.2 Å². The Bertz CT molecular complexity index is 700. The fourth-order valence-corrected chi connectivity index (χ4v) is 4.78. The summed E-state index contributed by atoms with van der Waals surface area (Å²) in [5.74, 6) is 0.415. The molecule has 0 spiro atoms. The van der Waals surface area contributed by atoms with Crippen molar-refractivity contribution in [3.63, 3.8) is 0 Å². The van der Waals surface area contributed by atoms with Gasteiger partial charge in [0, 0.05) is 0 Å². The van der Waals surface area contributed by atoms with Gasteiger partial charge in [-0.25, -0.2) is 0 Å². The molecule has 0 saturated carbocycles. The first-order valence-corrected chi connectivity index (χ1v) is 9.03. The summed E-state index contributed by atoms with van der Waals surface area (Å²) < 4.78 is 5.80. The van der Waals surface area contributed by atoms with Crippen molar-refractivity contribution in [2.45, 2.75) is 0 Å². The Morgan fingerprint density at radius 3 is 1.32 bits per heavy atom. The Hall–Kier alpha value is -2.19. The van der Waals surface area contributed by atoms with Gasteiger partial charge in [-0.3, -0.25) is 0 Å². The number of hydrogen-bond acceptors (Lipinski definition) is 3. The Morgan fingerprint density at radius 2 is 0.909 bits per heavy atom. The van der Waals surface area contributed by atoms with E-state index < -0.39 is 7.28 Å². The van der Waals surface area contributed by atoms with Gasteiger partial charge in [0.1, 0.15) is 0 Å². The summed E-state index contributed by atoms with van der Waals surface area (Å²) in [7, 11) is -4.74. The molecule has 3 aromatic carbocycles. The number of rotatable bonds is 4. The maximum absolute atomic E-state index is 11.3. The van der Waals surface area contributed by atoms with E-state index in [4.69, 9.17) is 4.52 Å². The minimum atomic E-state index is -4.74. The first-order chi connectivity index (χ1) is 10.6. The molecule has 0 radical (unpaired) electrons. The Morgan fingerprint density at radius 1 is 0.545 bits per heavy atom. The molecule has 0 aliphatic rings. The molecule has 4 heteroatoms. The molecule has 0 heterocycles. The average Bonchev–Trinajstić information content (AvgIpc) is 2.57. The van der Waals surface area contributed by atoms with Gasteiger partial charge in [-0.1, -0.05) is 0 Å². The van der Waals surface area contributed by atoms with Gasteiger partial charge >= 0.3 is 129 Å². The van der Waals surface area contributed by atoms with Gasteiger partial charge in [0.2, 0.25) is 0 Å². The van der Waals surface area contributed by atoms with Crippen LogP contribution in [-0.2, 0) is 0 Å². The van der Waals surface area contributed by atoms with Crippen LogP contribution in [0.1, 0.15) is 0 Å². The van der Waals surface area contributed by atoms with Crippen LogP contribution in [0.4, 0.5) is 0 Å². The molecule has 0 saturated heterocycles. The van der Waals surface area contributed by atoms with Crippen LogP contribution >= 0.6 is 7.28 Å². The SMILES string of the molecule is OP(O)(Oc1ccccc1)(c1ccccc1)c1ccccc1. The van der Waals surface area contributed by atoms with Crippen LogP contribution in [0.2, 0.25) is 0 Å². The predicted molar refractivity (Wildman–Crippen MR) is 90.6 cm³/mol. The van der Waals surface area contributed by atoms with E-state index in [1.165, 1.54) is 0 Å². The van der Waals surface area contributed by atoms with Crippen molar-refractivity contribution in [1.82, 2.24) is 0 Å². The monoisotopic (exact) mass is 312 g/mol. The second-order valence-electron chi connectivity index (χ2n) is 5.02. The fraction of sp³-hybridized carbons (Fsp3) is 0. The van der Waals surface area contributed by atoms with Crippen molar-refractivity contribution < 1.29 is 14.3 Å². The van der Waals surface area contributed by atoms with Gasteiger partial charge < -0.3 is 0 Å². The zero-order valence-electron chi connectivity index (χ0n) is 11.9. The maximum atomic E-state index is 11.3. The summed E-state index contributed by atoms with van der Waals surface area (Å²) in [4.78, 5) is 22.7. The van der Waals surface area contributed by atoms with E-state index in [0.717, 1.165) is 0 Å². The molecule has 22 heavy (non-hydrogen) atoms. The van der Waals surface area contributed by atoms with Gasteiger partial charge in [-0.15, -0.1) is 0 Å². The summed E-state index contributed by atoms with van der Waals surface area (Å²) in [6, 6.07) is 26.3. The normalized spacial score (nSPS) is 13.1. The van der Waals surface area contributed by atoms with Crippen LogP contribution in [-0.4, -0.2) is 9.79 Å². The molecule has 0 unspecified atom stereocenters. The van der Waals surface area contributed by atoms with Crippen molar-refractivity contribution in [2.24, 2.45) is 0 Å². The standard InChI is InChI=1S/C18H17O3P/c19-22(20,17-12-6-2-7-13-17,18-14-8-3-9-15-18)21-16-10-4-1-5-11-16/h1-15,19-20H. The van der Waals surface area contributed by atoms with Crippen LogP contribution in [0, 0.1) is 0 Å². The number of para-hydroxylation sites is 1. The quantitative estimate of drug-likeness (QED) is 0.728. The topological polar surface area (TPSA) is 49.7 Å². The molecule has 112 valence electrons. The van der Waals surface area contributed by atoms with E-state index in [2.05, 4.69) is 0 Å². The van der Waals surface area contributed by atoms with Crippen LogP contribution in [0.5, 0.6) is 5.75 Å². The van der Waals surface area contributed by atoms with Crippen LogP contribution < -0.4 is 15.1 Å². The molecular weight excluding hydrogens is 295 g/mol. The van der Waals surface area contributed by atoms with E-state index in [-0.39, 0.29) is 0 Å². The molecule has 0 atom stereocenters. The first-order valence-electron chi connectivity index (χ1n) is 6.97. The van der Waals surface area contributed by atoms with E-state index >= 15 is 0 Å². The zero-order valence-corrected chi connectivity index (χ0v) is 12.8. The van der Waals surface area contributed by atoms with E-state index in [0.29, 0.717) is 16.4 Å². The second kappa shape index (κ2) is 5.54.